The number of carbonyl (C=O) groups excluding carboxylic acids is 1. The first-order valence-corrected chi connectivity index (χ1v) is 10.5. The molecule has 0 saturated carbocycles. The Labute approximate surface area is 182 Å². The van der Waals surface area contributed by atoms with Crippen LogP contribution in [0.4, 0.5) is 10.9 Å². The maximum absolute atomic E-state index is 12.9. The number of aromatic nitrogens is 3. The van der Waals surface area contributed by atoms with Crippen molar-refractivity contribution in [2.75, 3.05) is 12.4 Å². The minimum Gasteiger partial charge on any atom is -0.465 e. The zero-order chi connectivity index (χ0) is 20.9. The second kappa shape index (κ2) is 9.02. The summed E-state index contributed by atoms with van der Waals surface area (Å²) in [5, 5.41) is 14.3. The van der Waals surface area contributed by atoms with Crippen LogP contribution in [0.3, 0.4) is 0 Å². The van der Waals surface area contributed by atoms with E-state index in [4.69, 9.17) is 16.3 Å². The highest BCUT2D eigenvalue weighted by atomic mass is 35.5. The van der Waals surface area contributed by atoms with Crippen LogP contribution in [0.25, 0.3) is 22.4 Å². The maximum atomic E-state index is 12.9. The number of carbonyl (C=O) groups is 1. The van der Waals surface area contributed by atoms with E-state index >= 15 is 0 Å². The van der Waals surface area contributed by atoms with Crippen LogP contribution < -0.4 is 5.32 Å². The number of hydrogen-bond acceptors (Lipinski definition) is 7. The summed E-state index contributed by atoms with van der Waals surface area (Å²) in [5.41, 5.74) is 3.93. The summed E-state index contributed by atoms with van der Waals surface area (Å²) in [6.45, 7) is 0. The number of rotatable bonds is 6. The molecule has 0 aliphatic rings. The molecule has 150 valence electrons. The van der Waals surface area contributed by atoms with Crippen molar-refractivity contribution < 1.29 is 9.53 Å². The summed E-state index contributed by atoms with van der Waals surface area (Å²) in [7, 11) is 1.35. The Balaban J connectivity index is 1.95. The van der Waals surface area contributed by atoms with Gasteiger partial charge in [0.2, 0.25) is 0 Å². The molecular weight excluding hydrogens is 420 g/mol. The molecule has 4 rings (SSSR count). The molecule has 6 nitrogen and oxygen atoms in total. The molecule has 0 aliphatic heterocycles. The van der Waals surface area contributed by atoms with Gasteiger partial charge in [-0.2, -0.15) is 0 Å². The molecule has 2 aromatic carbocycles. The number of benzene rings is 2. The summed E-state index contributed by atoms with van der Waals surface area (Å²) >= 11 is 7.23. The van der Waals surface area contributed by atoms with E-state index in [1.165, 1.54) is 18.4 Å². The Kier molecular flexibility index (Phi) is 6.02. The van der Waals surface area contributed by atoms with Crippen molar-refractivity contribution in [3.05, 3.63) is 77.3 Å². The van der Waals surface area contributed by atoms with Gasteiger partial charge in [-0.15, -0.1) is 33.1 Å². The fourth-order valence-electron chi connectivity index (χ4n) is 3.04. The summed E-state index contributed by atoms with van der Waals surface area (Å²) < 4.78 is 5.11. The minimum absolute atomic E-state index is 0.274. The third-order valence-electron chi connectivity index (χ3n) is 4.39. The number of esters is 1. The van der Waals surface area contributed by atoms with E-state index in [9.17, 15) is 4.79 Å². The van der Waals surface area contributed by atoms with Gasteiger partial charge in [-0.1, -0.05) is 60.7 Å². The molecule has 2 heterocycles. The normalized spacial score (nSPS) is 10.6. The summed E-state index contributed by atoms with van der Waals surface area (Å²) in [5.74, 6) is 0.0593. The first-order chi connectivity index (χ1) is 14.7. The van der Waals surface area contributed by atoms with E-state index in [-0.39, 0.29) is 5.82 Å². The van der Waals surface area contributed by atoms with Crippen LogP contribution in [0.1, 0.15) is 16.1 Å². The van der Waals surface area contributed by atoms with Crippen molar-refractivity contribution in [3.8, 4) is 22.4 Å². The number of halogens is 1. The van der Waals surface area contributed by atoms with Gasteiger partial charge in [0.05, 0.1) is 18.7 Å². The number of methoxy groups -OCH3 is 1. The lowest BCUT2D eigenvalue weighted by Crippen LogP contribution is -2.12. The number of ether oxygens (including phenoxy) is 1. The molecule has 2 aromatic heterocycles. The lowest BCUT2D eigenvalue weighted by molar-refractivity contribution is 0.0602. The highest BCUT2D eigenvalue weighted by molar-refractivity contribution is 7.13. The van der Waals surface area contributed by atoms with Crippen molar-refractivity contribution in [2.24, 2.45) is 0 Å². The number of nitrogens with zero attached hydrogens (tertiary/aromatic N) is 3. The van der Waals surface area contributed by atoms with Crippen LogP contribution >= 0.6 is 22.9 Å². The number of nitrogens with one attached hydrogen (secondary N) is 1. The molecule has 0 radical (unpaired) electrons. The molecule has 4 aromatic rings. The Morgan fingerprint density at radius 3 is 2.30 bits per heavy atom. The van der Waals surface area contributed by atoms with E-state index in [0.717, 1.165) is 16.8 Å². The van der Waals surface area contributed by atoms with Crippen molar-refractivity contribution in [3.63, 3.8) is 0 Å². The maximum Gasteiger partial charge on any atom is 0.342 e. The number of thiazole rings is 1. The van der Waals surface area contributed by atoms with Crippen molar-refractivity contribution >= 4 is 39.9 Å². The Bertz CT molecular complexity index is 1170. The van der Waals surface area contributed by atoms with Gasteiger partial charge in [0.1, 0.15) is 11.3 Å². The van der Waals surface area contributed by atoms with Gasteiger partial charge in [-0.3, -0.25) is 0 Å². The van der Waals surface area contributed by atoms with E-state index in [1.54, 1.807) is 0 Å². The topological polar surface area (TPSA) is 77.0 Å². The lowest BCUT2D eigenvalue weighted by Gasteiger charge is -2.16. The molecule has 0 amide bonds. The van der Waals surface area contributed by atoms with Gasteiger partial charge in [-0.25, -0.2) is 9.78 Å². The minimum atomic E-state index is -0.516. The standard InChI is InChI=1S/C22H17ClN4O2S/c1-29-21(28)18-17(14-8-4-2-5-9-14)19(15-10-6-3-7-11-15)26-27-20(18)25-22-24-16(12-23)13-30-22/h2-11,13H,12H2,1H3,(H,24,25,27). The van der Waals surface area contributed by atoms with Crippen LogP contribution in [0.15, 0.2) is 66.0 Å². The zero-order valence-corrected chi connectivity index (χ0v) is 17.6. The van der Waals surface area contributed by atoms with Gasteiger partial charge in [0.15, 0.2) is 10.9 Å². The molecule has 8 heteroatoms. The number of anilines is 2. The highest BCUT2D eigenvalue weighted by Crippen LogP contribution is 2.37. The average molecular weight is 437 g/mol. The van der Waals surface area contributed by atoms with Crippen molar-refractivity contribution in [1.82, 2.24) is 15.2 Å². The largest absolute Gasteiger partial charge is 0.465 e. The molecule has 0 bridgehead atoms. The van der Waals surface area contributed by atoms with Gasteiger partial charge in [0, 0.05) is 16.5 Å². The fourth-order valence-corrected chi connectivity index (χ4v) is 3.97. The average Bonchev–Trinajstić information content (AvgIpc) is 3.27. The fraction of sp³-hybridized carbons (Fsp3) is 0.0909. The van der Waals surface area contributed by atoms with Crippen molar-refractivity contribution in [2.45, 2.75) is 5.88 Å². The van der Waals surface area contributed by atoms with Crippen molar-refractivity contribution in [1.29, 1.82) is 0 Å². The van der Waals surface area contributed by atoms with E-state index in [1.807, 2.05) is 66.0 Å². The predicted octanol–water partition coefficient (Wildman–Crippen LogP) is 5.54. The molecule has 0 unspecified atom stereocenters. The molecule has 0 fully saturated rings. The smallest absolute Gasteiger partial charge is 0.342 e. The predicted molar refractivity (Wildman–Crippen MR) is 119 cm³/mol. The second-order valence-electron chi connectivity index (χ2n) is 6.27. The molecule has 30 heavy (non-hydrogen) atoms. The first-order valence-electron chi connectivity index (χ1n) is 9.08. The molecule has 0 atom stereocenters. The first kappa shape index (κ1) is 20.0. The van der Waals surface area contributed by atoms with E-state index in [0.29, 0.717) is 27.8 Å². The molecular formula is C22H17ClN4O2S. The monoisotopic (exact) mass is 436 g/mol. The van der Waals surface area contributed by atoms with Gasteiger partial charge in [0.25, 0.3) is 0 Å². The van der Waals surface area contributed by atoms with Crippen LogP contribution in [0.2, 0.25) is 0 Å². The zero-order valence-electron chi connectivity index (χ0n) is 16.0. The van der Waals surface area contributed by atoms with Gasteiger partial charge >= 0.3 is 5.97 Å². The van der Waals surface area contributed by atoms with Crippen LogP contribution in [-0.4, -0.2) is 28.3 Å². The molecule has 0 saturated heterocycles. The van der Waals surface area contributed by atoms with E-state index in [2.05, 4.69) is 20.5 Å². The lowest BCUT2D eigenvalue weighted by atomic mass is 9.95. The number of alkyl halides is 1. The van der Waals surface area contributed by atoms with Gasteiger partial charge < -0.3 is 10.1 Å². The quantitative estimate of drug-likeness (QED) is 0.316. The summed E-state index contributed by atoms with van der Waals surface area (Å²) in [4.78, 5) is 17.3. The molecule has 0 spiro atoms. The van der Waals surface area contributed by atoms with Crippen LogP contribution in [-0.2, 0) is 10.6 Å². The Morgan fingerprint density at radius 2 is 1.70 bits per heavy atom. The van der Waals surface area contributed by atoms with E-state index < -0.39 is 5.97 Å². The third-order valence-corrected chi connectivity index (χ3v) is 5.47. The van der Waals surface area contributed by atoms with Crippen LogP contribution in [0.5, 0.6) is 0 Å². The second-order valence-corrected chi connectivity index (χ2v) is 7.40. The van der Waals surface area contributed by atoms with Gasteiger partial charge in [-0.05, 0) is 5.56 Å². The summed E-state index contributed by atoms with van der Waals surface area (Å²) in [6.07, 6.45) is 0. The third kappa shape index (κ3) is 4.03. The molecule has 0 aliphatic carbocycles. The Morgan fingerprint density at radius 1 is 1.03 bits per heavy atom. The van der Waals surface area contributed by atoms with Crippen LogP contribution in [0, 0.1) is 0 Å². The summed E-state index contributed by atoms with van der Waals surface area (Å²) in [6, 6.07) is 19.2. The number of hydrogen-bond donors (Lipinski definition) is 1. The molecule has 1 N–H and O–H groups in total. The SMILES string of the molecule is COC(=O)c1c(Nc2nc(CCl)cs2)nnc(-c2ccccc2)c1-c1ccccc1. The Hall–Kier alpha value is -3.29. The highest BCUT2D eigenvalue weighted by Gasteiger charge is 2.25.